The van der Waals surface area contributed by atoms with Gasteiger partial charge in [0.05, 0.1) is 12.8 Å². The van der Waals surface area contributed by atoms with Crippen LogP contribution < -0.4 is 0 Å². The van der Waals surface area contributed by atoms with E-state index < -0.39 is 5.92 Å². The highest BCUT2D eigenvalue weighted by Gasteiger charge is 2.53. The van der Waals surface area contributed by atoms with E-state index in [4.69, 9.17) is 0 Å². The van der Waals surface area contributed by atoms with Crippen molar-refractivity contribution >= 4 is 11.7 Å². The molecule has 0 aliphatic heterocycles. The van der Waals surface area contributed by atoms with Crippen LogP contribution in [0.1, 0.15) is 12.8 Å². The molecule has 0 N–H and O–H groups in total. The van der Waals surface area contributed by atoms with E-state index in [1.165, 1.54) is 0 Å². The van der Waals surface area contributed by atoms with E-state index in [9.17, 15) is 13.0 Å². The lowest BCUT2D eigenvalue weighted by molar-refractivity contribution is -0.0672. The standard InChI is InChI=1S/C4H5F2OS/c5-4(6)1-3(2-4)8-7/h3H,1-2H2/q+1. The maximum atomic E-state index is 11.8. The highest BCUT2D eigenvalue weighted by molar-refractivity contribution is 7.66. The van der Waals surface area contributed by atoms with Crippen LogP contribution in [0.3, 0.4) is 0 Å². The van der Waals surface area contributed by atoms with E-state index in [-0.39, 0.29) is 29.8 Å². The molecule has 4 heteroatoms. The summed E-state index contributed by atoms with van der Waals surface area (Å²) in [4.78, 5) is 0. The van der Waals surface area contributed by atoms with Crippen LogP contribution in [0, 0.1) is 0 Å². The van der Waals surface area contributed by atoms with Gasteiger partial charge < -0.3 is 0 Å². The second-order valence-electron chi connectivity index (χ2n) is 1.98. The van der Waals surface area contributed by atoms with Crippen LogP contribution in [-0.2, 0) is 15.9 Å². The molecule has 0 radical (unpaired) electrons. The minimum Gasteiger partial charge on any atom is -0.206 e. The number of halogens is 2. The van der Waals surface area contributed by atoms with E-state index in [1.54, 1.807) is 0 Å². The van der Waals surface area contributed by atoms with Crippen LogP contribution in [0.25, 0.3) is 0 Å². The molecule has 1 fully saturated rings. The van der Waals surface area contributed by atoms with E-state index in [0.29, 0.717) is 0 Å². The van der Waals surface area contributed by atoms with Gasteiger partial charge in [-0.2, -0.15) is 0 Å². The topological polar surface area (TPSA) is 17.1 Å². The summed E-state index contributed by atoms with van der Waals surface area (Å²) >= 11 is 0.284. The first-order valence-corrected chi connectivity index (χ1v) is 3.11. The average molecular weight is 139 g/mol. The largest absolute Gasteiger partial charge is 0.462 e. The summed E-state index contributed by atoms with van der Waals surface area (Å²) in [5, 5.41) is -0.329. The fourth-order valence-corrected chi connectivity index (χ4v) is 1.30. The first-order valence-electron chi connectivity index (χ1n) is 2.30. The van der Waals surface area contributed by atoms with Crippen LogP contribution >= 0.6 is 0 Å². The summed E-state index contributed by atoms with van der Waals surface area (Å²) in [5.74, 6) is -2.53. The fourth-order valence-electron chi connectivity index (χ4n) is 0.674. The molecule has 1 aliphatic carbocycles. The molecular weight excluding hydrogens is 134 g/mol. The smallest absolute Gasteiger partial charge is 0.206 e. The number of hydrogen-bond donors (Lipinski definition) is 0. The van der Waals surface area contributed by atoms with Crippen molar-refractivity contribution in [2.75, 3.05) is 0 Å². The molecule has 0 atom stereocenters. The molecular formula is C4H5F2OS+. The van der Waals surface area contributed by atoms with Crippen LogP contribution in [0.2, 0.25) is 0 Å². The Morgan fingerprint density at radius 2 is 2.00 bits per heavy atom. The Morgan fingerprint density at radius 3 is 2.12 bits per heavy atom. The van der Waals surface area contributed by atoms with Gasteiger partial charge in [-0.15, -0.1) is 0 Å². The molecule has 8 heavy (non-hydrogen) atoms. The van der Waals surface area contributed by atoms with Gasteiger partial charge >= 0.3 is 11.7 Å². The minimum atomic E-state index is -2.53. The molecule has 0 bridgehead atoms. The number of rotatable bonds is 1. The average Bonchev–Trinajstić information content (AvgIpc) is 1.60. The predicted molar refractivity (Wildman–Crippen MR) is 26.0 cm³/mol. The lowest BCUT2D eigenvalue weighted by Gasteiger charge is -2.23. The predicted octanol–water partition coefficient (Wildman–Crippen LogP) is 1.21. The van der Waals surface area contributed by atoms with E-state index in [1.807, 2.05) is 0 Å². The zero-order chi connectivity index (χ0) is 6.20. The van der Waals surface area contributed by atoms with Gasteiger partial charge in [-0.05, 0) is 0 Å². The first-order chi connectivity index (χ1) is 3.64. The highest BCUT2D eigenvalue weighted by Crippen LogP contribution is 2.38. The molecule has 46 valence electrons. The summed E-state index contributed by atoms with van der Waals surface area (Å²) in [6.45, 7) is 0. The van der Waals surface area contributed by atoms with E-state index in [2.05, 4.69) is 0 Å². The van der Waals surface area contributed by atoms with Crippen molar-refractivity contribution in [3.05, 3.63) is 0 Å². The molecule has 0 spiro atoms. The van der Waals surface area contributed by atoms with Crippen molar-refractivity contribution in [2.24, 2.45) is 0 Å². The second-order valence-corrected chi connectivity index (χ2v) is 2.84. The molecule has 0 saturated heterocycles. The zero-order valence-electron chi connectivity index (χ0n) is 4.06. The maximum absolute atomic E-state index is 11.8. The molecule has 0 unspecified atom stereocenters. The van der Waals surface area contributed by atoms with Crippen LogP contribution in [-0.4, -0.2) is 11.2 Å². The van der Waals surface area contributed by atoms with Crippen molar-refractivity contribution < 1.29 is 13.0 Å². The van der Waals surface area contributed by atoms with E-state index >= 15 is 0 Å². The molecule has 1 saturated carbocycles. The Balaban J connectivity index is 2.31. The van der Waals surface area contributed by atoms with Gasteiger partial charge in [0.2, 0.25) is 5.25 Å². The Kier molecular flexibility index (Phi) is 1.27. The van der Waals surface area contributed by atoms with Gasteiger partial charge in [-0.1, -0.05) is 0 Å². The SMILES string of the molecule is O=[S+]C1CC(F)(F)C1. The molecule has 1 rings (SSSR count). The Bertz CT molecular complexity index is 107. The summed E-state index contributed by atoms with van der Waals surface area (Å²) in [7, 11) is 0. The Morgan fingerprint density at radius 1 is 1.50 bits per heavy atom. The van der Waals surface area contributed by atoms with Crippen molar-refractivity contribution in [3.8, 4) is 0 Å². The third-order valence-electron chi connectivity index (χ3n) is 1.19. The van der Waals surface area contributed by atoms with E-state index in [0.717, 1.165) is 0 Å². The molecule has 0 aromatic heterocycles. The van der Waals surface area contributed by atoms with Crippen LogP contribution in [0.4, 0.5) is 8.78 Å². The summed E-state index contributed by atoms with van der Waals surface area (Å²) in [5.41, 5.74) is 0. The molecule has 0 aromatic rings. The number of hydrogen-bond acceptors (Lipinski definition) is 1. The second kappa shape index (κ2) is 1.69. The maximum Gasteiger partial charge on any atom is 0.462 e. The molecule has 0 heterocycles. The first kappa shape index (κ1) is 6.01. The molecule has 0 amide bonds. The Labute approximate surface area is 49.6 Å². The van der Waals surface area contributed by atoms with Gasteiger partial charge in [0.1, 0.15) is 0 Å². The van der Waals surface area contributed by atoms with Crippen LogP contribution in [0.15, 0.2) is 0 Å². The summed E-state index contributed by atoms with van der Waals surface area (Å²) in [6.07, 6.45) is -0.442. The van der Waals surface area contributed by atoms with Gasteiger partial charge in [0, 0.05) is 4.21 Å². The van der Waals surface area contributed by atoms with Crippen LogP contribution in [0.5, 0.6) is 0 Å². The molecule has 1 nitrogen and oxygen atoms in total. The number of alkyl halides is 2. The highest BCUT2D eigenvalue weighted by atomic mass is 32.1. The third kappa shape index (κ3) is 0.992. The van der Waals surface area contributed by atoms with Crippen molar-refractivity contribution in [3.63, 3.8) is 0 Å². The van der Waals surface area contributed by atoms with Gasteiger partial charge in [-0.3, -0.25) is 0 Å². The zero-order valence-corrected chi connectivity index (χ0v) is 4.88. The molecule has 0 aromatic carbocycles. The van der Waals surface area contributed by atoms with Crippen molar-refractivity contribution in [2.45, 2.75) is 24.0 Å². The quantitative estimate of drug-likeness (QED) is 0.499. The molecule has 1 aliphatic rings. The lowest BCUT2D eigenvalue weighted by Crippen LogP contribution is -2.38. The lowest BCUT2D eigenvalue weighted by atomic mass is 9.94. The van der Waals surface area contributed by atoms with Gasteiger partial charge in [0.15, 0.2) is 0 Å². The summed E-state index contributed by atoms with van der Waals surface area (Å²) in [6, 6.07) is 0. The van der Waals surface area contributed by atoms with Crippen molar-refractivity contribution in [1.82, 2.24) is 0 Å². The summed E-state index contributed by atoms with van der Waals surface area (Å²) < 4.78 is 33.4. The van der Waals surface area contributed by atoms with Gasteiger partial charge in [-0.25, -0.2) is 8.78 Å². The van der Waals surface area contributed by atoms with Crippen molar-refractivity contribution in [1.29, 1.82) is 0 Å². The fraction of sp³-hybridized carbons (Fsp3) is 1.00. The van der Waals surface area contributed by atoms with Gasteiger partial charge in [0.25, 0.3) is 5.92 Å². The Hall–Kier alpha value is -0.120. The minimum absolute atomic E-state index is 0.221. The monoisotopic (exact) mass is 139 g/mol. The normalized spacial score (nSPS) is 26.8. The third-order valence-corrected chi connectivity index (χ3v) is 1.79.